The third kappa shape index (κ3) is 1.95. The van der Waals surface area contributed by atoms with Crippen molar-refractivity contribution in [2.75, 3.05) is 12.8 Å². The molecule has 0 spiro atoms. The van der Waals surface area contributed by atoms with Crippen LogP contribution in [-0.4, -0.2) is 12.1 Å². The van der Waals surface area contributed by atoms with Crippen molar-refractivity contribution in [3.8, 4) is 16.9 Å². The largest absolute Gasteiger partial charge is 0.496 e. The van der Waals surface area contributed by atoms with Crippen LogP contribution in [0.25, 0.3) is 11.1 Å². The number of nitrogens with two attached hydrogens (primary N) is 1. The van der Waals surface area contributed by atoms with Crippen LogP contribution in [0.4, 0.5) is 10.1 Å². The van der Waals surface area contributed by atoms with Gasteiger partial charge in [-0.15, -0.1) is 0 Å². The molecule has 0 aliphatic heterocycles. The van der Waals surface area contributed by atoms with Gasteiger partial charge in [0.2, 0.25) is 0 Å². The van der Waals surface area contributed by atoms with Crippen LogP contribution < -0.4 is 10.5 Å². The lowest BCUT2D eigenvalue weighted by atomic mass is 10.1. The van der Waals surface area contributed by atoms with Crippen LogP contribution in [-0.2, 0) is 0 Å². The number of halogens is 1. The lowest BCUT2D eigenvalue weighted by molar-refractivity contribution is 0.415. The lowest BCUT2D eigenvalue weighted by Crippen LogP contribution is -1.92. The first-order chi connectivity index (χ1) is 7.70. The van der Waals surface area contributed by atoms with E-state index in [0.717, 1.165) is 5.56 Å². The molecule has 0 saturated heterocycles. The summed E-state index contributed by atoms with van der Waals surface area (Å²) in [7, 11) is 1.54. The minimum atomic E-state index is -0.321. The first-order valence-electron chi connectivity index (χ1n) is 4.75. The number of ether oxygens (including phenoxy) is 1. The quantitative estimate of drug-likeness (QED) is 0.842. The highest BCUT2D eigenvalue weighted by Gasteiger charge is 2.07. The molecule has 82 valence electrons. The second-order valence-electron chi connectivity index (χ2n) is 3.35. The number of hydrogen-bond donors (Lipinski definition) is 1. The first kappa shape index (κ1) is 10.4. The second-order valence-corrected chi connectivity index (χ2v) is 3.35. The zero-order valence-electron chi connectivity index (χ0n) is 8.77. The van der Waals surface area contributed by atoms with E-state index in [4.69, 9.17) is 10.5 Å². The van der Waals surface area contributed by atoms with Crippen LogP contribution in [0.2, 0.25) is 0 Å². The summed E-state index contributed by atoms with van der Waals surface area (Å²) < 4.78 is 18.3. The molecule has 0 amide bonds. The molecule has 0 fully saturated rings. The summed E-state index contributed by atoms with van der Waals surface area (Å²) in [5.41, 5.74) is 7.53. The van der Waals surface area contributed by atoms with E-state index in [1.54, 1.807) is 18.3 Å². The van der Waals surface area contributed by atoms with Gasteiger partial charge in [-0.25, -0.2) is 4.39 Å². The molecule has 0 atom stereocenters. The van der Waals surface area contributed by atoms with E-state index < -0.39 is 0 Å². The topological polar surface area (TPSA) is 48.1 Å². The number of nitrogens with zero attached hydrogens (tertiary/aromatic N) is 1. The zero-order valence-corrected chi connectivity index (χ0v) is 8.77. The summed E-state index contributed by atoms with van der Waals surface area (Å²) in [6, 6.07) is 6.05. The SMILES string of the molecule is COc1ccc(F)cc1-c1cncc(N)c1. The van der Waals surface area contributed by atoms with E-state index in [-0.39, 0.29) is 5.82 Å². The molecular formula is C12H11FN2O. The molecule has 2 rings (SSSR count). The van der Waals surface area contributed by atoms with E-state index in [9.17, 15) is 4.39 Å². The second kappa shape index (κ2) is 4.18. The average molecular weight is 218 g/mol. The predicted molar refractivity (Wildman–Crippen MR) is 60.6 cm³/mol. The van der Waals surface area contributed by atoms with Gasteiger partial charge in [-0.05, 0) is 24.3 Å². The Bertz CT molecular complexity index is 514. The Morgan fingerprint density at radius 1 is 1.25 bits per heavy atom. The summed E-state index contributed by atoms with van der Waals surface area (Å²) in [4.78, 5) is 3.96. The van der Waals surface area contributed by atoms with Crippen molar-refractivity contribution in [3.63, 3.8) is 0 Å². The van der Waals surface area contributed by atoms with Crippen molar-refractivity contribution in [3.05, 3.63) is 42.5 Å². The monoisotopic (exact) mass is 218 g/mol. The molecule has 1 aromatic carbocycles. The molecule has 0 aliphatic rings. The van der Waals surface area contributed by atoms with Crippen LogP contribution in [0.15, 0.2) is 36.7 Å². The standard InChI is InChI=1S/C12H11FN2O/c1-16-12-3-2-9(13)5-11(12)8-4-10(14)7-15-6-8/h2-7H,14H2,1H3. The van der Waals surface area contributed by atoms with Crippen molar-refractivity contribution in [2.24, 2.45) is 0 Å². The van der Waals surface area contributed by atoms with Crippen LogP contribution in [0, 0.1) is 5.82 Å². The van der Waals surface area contributed by atoms with Gasteiger partial charge < -0.3 is 10.5 Å². The number of methoxy groups -OCH3 is 1. The molecule has 0 aliphatic carbocycles. The van der Waals surface area contributed by atoms with Gasteiger partial charge in [0.1, 0.15) is 11.6 Å². The van der Waals surface area contributed by atoms with Crippen molar-refractivity contribution >= 4 is 5.69 Å². The summed E-state index contributed by atoms with van der Waals surface area (Å²) in [6.07, 6.45) is 3.16. The van der Waals surface area contributed by atoms with Crippen molar-refractivity contribution in [1.29, 1.82) is 0 Å². The number of aromatic nitrogens is 1. The molecule has 2 aromatic rings. The molecule has 16 heavy (non-hydrogen) atoms. The molecule has 1 aromatic heterocycles. The normalized spacial score (nSPS) is 10.1. The minimum absolute atomic E-state index is 0.321. The number of hydrogen-bond acceptors (Lipinski definition) is 3. The number of benzene rings is 1. The fourth-order valence-electron chi connectivity index (χ4n) is 1.51. The van der Waals surface area contributed by atoms with Gasteiger partial charge in [0, 0.05) is 23.5 Å². The van der Waals surface area contributed by atoms with Crippen LogP contribution >= 0.6 is 0 Å². The van der Waals surface area contributed by atoms with E-state index in [0.29, 0.717) is 17.0 Å². The maximum Gasteiger partial charge on any atom is 0.126 e. The first-order valence-corrected chi connectivity index (χ1v) is 4.75. The fourth-order valence-corrected chi connectivity index (χ4v) is 1.51. The molecule has 0 bridgehead atoms. The van der Waals surface area contributed by atoms with Gasteiger partial charge in [-0.2, -0.15) is 0 Å². The Morgan fingerprint density at radius 2 is 2.06 bits per heavy atom. The van der Waals surface area contributed by atoms with E-state index in [1.165, 1.54) is 25.4 Å². The summed E-state index contributed by atoms with van der Waals surface area (Å²) in [6.45, 7) is 0. The van der Waals surface area contributed by atoms with Gasteiger partial charge in [-0.1, -0.05) is 0 Å². The number of pyridine rings is 1. The number of anilines is 1. The molecular weight excluding hydrogens is 207 g/mol. The third-order valence-electron chi connectivity index (χ3n) is 2.23. The molecule has 0 radical (unpaired) electrons. The Morgan fingerprint density at radius 3 is 2.75 bits per heavy atom. The van der Waals surface area contributed by atoms with Crippen LogP contribution in [0.3, 0.4) is 0 Å². The van der Waals surface area contributed by atoms with Crippen molar-refractivity contribution in [2.45, 2.75) is 0 Å². The molecule has 4 heteroatoms. The average Bonchev–Trinajstić information content (AvgIpc) is 2.29. The van der Waals surface area contributed by atoms with Crippen LogP contribution in [0.1, 0.15) is 0 Å². The van der Waals surface area contributed by atoms with Crippen molar-refractivity contribution in [1.82, 2.24) is 4.98 Å². The van der Waals surface area contributed by atoms with E-state index in [2.05, 4.69) is 4.98 Å². The zero-order chi connectivity index (χ0) is 11.5. The Balaban J connectivity index is 2.58. The fraction of sp³-hybridized carbons (Fsp3) is 0.0833. The molecule has 1 heterocycles. The summed E-state index contributed by atoms with van der Waals surface area (Å²) in [5.74, 6) is 0.270. The van der Waals surface area contributed by atoms with Gasteiger partial charge in [-0.3, -0.25) is 4.98 Å². The molecule has 3 nitrogen and oxygen atoms in total. The maximum absolute atomic E-state index is 13.2. The van der Waals surface area contributed by atoms with Crippen molar-refractivity contribution < 1.29 is 9.13 Å². The number of nitrogen functional groups attached to an aromatic ring is 1. The van der Waals surface area contributed by atoms with E-state index >= 15 is 0 Å². The molecule has 0 saturated carbocycles. The predicted octanol–water partition coefficient (Wildman–Crippen LogP) is 2.48. The lowest BCUT2D eigenvalue weighted by Gasteiger charge is -2.08. The van der Waals surface area contributed by atoms with E-state index in [1.807, 2.05) is 0 Å². The number of rotatable bonds is 2. The molecule has 0 unspecified atom stereocenters. The highest BCUT2D eigenvalue weighted by Crippen LogP contribution is 2.30. The minimum Gasteiger partial charge on any atom is -0.496 e. The van der Waals surface area contributed by atoms with Gasteiger partial charge >= 0.3 is 0 Å². The highest BCUT2D eigenvalue weighted by atomic mass is 19.1. The summed E-state index contributed by atoms with van der Waals surface area (Å²) in [5, 5.41) is 0. The third-order valence-corrected chi connectivity index (χ3v) is 2.23. The van der Waals surface area contributed by atoms with Gasteiger partial charge in [0.25, 0.3) is 0 Å². The summed E-state index contributed by atoms with van der Waals surface area (Å²) >= 11 is 0. The Kier molecular flexibility index (Phi) is 2.72. The smallest absolute Gasteiger partial charge is 0.126 e. The van der Waals surface area contributed by atoms with Gasteiger partial charge in [0.05, 0.1) is 12.8 Å². The van der Waals surface area contributed by atoms with Gasteiger partial charge in [0.15, 0.2) is 0 Å². The molecule has 2 N–H and O–H groups in total. The maximum atomic E-state index is 13.2. The Hall–Kier alpha value is -2.10. The Labute approximate surface area is 92.7 Å². The van der Waals surface area contributed by atoms with Crippen LogP contribution in [0.5, 0.6) is 5.75 Å². The highest BCUT2D eigenvalue weighted by molar-refractivity contribution is 5.71.